The average molecular weight is 192 g/mol. The van der Waals surface area contributed by atoms with Gasteiger partial charge in [0.2, 0.25) is 0 Å². The van der Waals surface area contributed by atoms with E-state index < -0.39 is 0 Å². The van der Waals surface area contributed by atoms with Crippen molar-refractivity contribution in [1.82, 2.24) is 0 Å². The average Bonchev–Trinajstić information content (AvgIpc) is 2.02. The first-order chi connectivity index (χ1) is 6.32. The lowest BCUT2D eigenvalue weighted by atomic mass is 9.81. The van der Waals surface area contributed by atoms with E-state index in [1.54, 1.807) is 0 Å². The molecule has 80 valence electrons. The normalized spacial score (nSPS) is 13.3. The number of rotatable bonds is 3. The van der Waals surface area contributed by atoms with E-state index in [1.807, 2.05) is 6.08 Å². The largest absolute Gasteiger partial charge is 0.0988 e. The second-order valence-corrected chi connectivity index (χ2v) is 4.97. The molecule has 0 radical (unpaired) electrons. The van der Waals surface area contributed by atoms with Gasteiger partial charge in [-0.1, -0.05) is 52.0 Å². The maximum Gasteiger partial charge on any atom is -0.0129 e. The lowest BCUT2D eigenvalue weighted by Crippen LogP contribution is -2.10. The Kier molecular flexibility index (Phi) is 4.90. The van der Waals surface area contributed by atoms with Gasteiger partial charge >= 0.3 is 0 Å². The summed E-state index contributed by atoms with van der Waals surface area (Å²) in [5, 5.41) is 0. The summed E-state index contributed by atoms with van der Waals surface area (Å²) < 4.78 is 0. The van der Waals surface area contributed by atoms with E-state index in [0.29, 0.717) is 0 Å². The first-order valence-electron chi connectivity index (χ1n) is 5.33. The summed E-state index contributed by atoms with van der Waals surface area (Å²) in [6.07, 6.45) is 5.32. The maximum atomic E-state index is 3.89. The molecule has 0 heterocycles. The second kappa shape index (κ2) is 5.19. The van der Waals surface area contributed by atoms with Crippen LogP contribution < -0.4 is 0 Å². The Balaban J connectivity index is 5.41. The zero-order valence-corrected chi connectivity index (χ0v) is 10.6. The summed E-state index contributed by atoms with van der Waals surface area (Å²) >= 11 is 0. The SMILES string of the molecule is C=C/C(CC)=C(\C=C(C)C)C(C)(C)C. The Morgan fingerprint density at radius 1 is 1.21 bits per heavy atom. The Hall–Kier alpha value is -0.780. The van der Waals surface area contributed by atoms with E-state index >= 15 is 0 Å². The van der Waals surface area contributed by atoms with Gasteiger partial charge in [0, 0.05) is 0 Å². The molecule has 0 fully saturated rings. The quantitative estimate of drug-likeness (QED) is 0.558. The summed E-state index contributed by atoms with van der Waals surface area (Å²) in [6, 6.07) is 0. The second-order valence-electron chi connectivity index (χ2n) is 4.97. The van der Waals surface area contributed by atoms with Crippen LogP contribution >= 0.6 is 0 Å². The minimum Gasteiger partial charge on any atom is -0.0988 e. The molecule has 0 nitrogen and oxygen atoms in total. The van der Waals surface area contributed by atoms with Crippen LogP contribution in [0.4, 0.5) is 0 Å². The molecule has 0 amide bonds. The molecule has 0 rings (SSSR count). The third kappa shape index (κ3) is 3.95. The van der Waals surface area contributed by atoms with E-state index in [9.17, 15) is 0 Å². The molecule has 0 saturated heterocycles. The minimum atomic E-state index is 0.205. The lowest BCUT2D eigenvalue weighted by Gasteiger charge is -2.23. The number of hydrogen-bond acceptors (Lipinski definition) is 0. The molecular formula is C14H24. The van der Waals surface area contributed by atoms with Crippen LogP contribution in [0, 0.1) is 5.41 Å². The molecule has 0 unspecified atom stereocenters. The fraction of sp³-hybridized carbons (Fsp3) is 0.571. The highest BCUT2D eigenvalue weighted by molar-refractivity contribution is 5.37. The van der Waals surface area contributed by atoms with Crippen LogP contribution in [-0.4, -0.2) is 0 Å². The molecule has 0 atom stereocenters. The van der Waals surface area contributed by atoms with E-state index in [0.717, 1.165) is 6.42 Å². The summed E-state index contributed by atoms with van der Waals surface area (Å²) in [5.74, 6) is 0. The van der Waals surface area contributed by atoms with Crippen molar-refractivity contribution in [2.24, 2.45) is 5.41 Å². The van der Waals surface area contributed by atoms with Gasteiger partial charge in [-0.15, -0.1) is 0 Å². The van der Waals surface area contributed by atoms with Crippen LogP contribution in [0.3, 0.4) is 0 Å². The zero-order chi connectivity index (χ0) is 11.4. The van der Waals surface area contributed by atoms with E-state index in [1.165, 1.54) is 16.7 Å². The third-order valence-corrected chi connectivity index (χ3v) is 2.21. The summed E-state index contributed by atoms with van der Waals surface area (Å²) in [5.41, 5.74) is 4.33. The molecule has 14 heavy (non-hydrogen) atoms. The molecule has 0 aromatic rings. The van der Waals surface area contributed by atoms with Gasteiger partial charge in [0.25, 0.3) is 0 Å². The van der Waals surface area contributed by atoms with Gasteiger partial charge in [-0.25, -0.2) is 0 Å². The predicted octanol–water partition coefficient (Wildman–Crippen LogP) is 4.89. The standard InChI is InChI=1S/C14H24/c1-8-12(9-2)13(10-11(3)4)14(5,6)7/h8,10H,1,9H2,2-7H3/b13-12-. The van der Waals surface area contributed by atoms with Crippen LogP contribution in [0.15, 0.2) is 35.5 Å². The van der Waals surface area contributed by atoms with Gasteiger partial charge in [-0.2, -0.15) is 0 Å². The molecule has 0 spiro atoms. The van der Waals surface area contributed by atoms with Crippen LogP contribution in [-0.2, 0) is 0 Å². The monoisotopic (exact) mass is 192 g/mol. The Labute approximate surface area is 89.4 Å². The van der Waals surface area contributed by atoms with Gasteiger partial charge in [0.05, 0.1) is 0 Å². The fourth-order valence-corrected chi connectivity index (χ4v) is 1.52. The molecule has 0 aliphatic rings. The molecule has 0 N–H and O–H groups in total. The summed E-state index contributed by atoms with van der Waals surface area (Å²) in [4.78, 5) is 0. The topological polar surface area (TPSA) is 0 Å². The first kappa shape index (κ1) is 13.2. The highest BCUT2D eigenvalue weighted by atomic mass is 14.2. The summed E-state index contributed by atoms with van der Waals surface area (Å²) in [7, 11) is 0. The Bertz CT molecular complexity index is 252. The molecule has 0 saturated carbocycles. The van der Waals surface area contributed by atoms with Crippen molar-refractivity contribution in [3.05, 3.63) is 35.5 Å². The summed E-state index contributed by atoms with van der Waals surface area (Å²) in [6.45, 7) is 17.1. The van der Waals surface area contributed by atoms with Gasteiger partial charge in [-0.05, 0) is 36.8 Å². The van der Waals surface area contributed by atoms with Gasteiger partial charge in [-0.3, -0.25) is 0 Å². The van der Waals surface area contributed by atoms with E-state index in [2.05, 4.69) is 54.2 Å². The van der Waals surface area contributed by atoms with Crippen molar-refractivity contribution in [3.8, 4) is 0 Å². The van der Waals surface area contributed by atoms with E-state index in [-0.39, 0.29) is 5.41 Å². The molecule has 0 aromatic carbocycles. The van der Waals surface area contributed by atoms with Crippen LogP contribution in [0.1, 0.15) is 48.0 Å². The lowest BCUT2D eigenvalue weighted by molar-refractivity contribution is 0.511. The maximum absolute atomic E-state index is 3.89. The molecule has 0 aliphatic heterocycles. The Morgan fingerprint density at radius 2 is 1.71 bits per heavy atom. The Morgan fingerprint density at radius 3 is 1.93 bits per heavy atom. The highest BCUT2D eigenvalue weighted by Crippen LogP contribution is 2.31. The zero-order valence-electron chi connectivity index (χ0n) is 10.6. The minimum absolute atomic E-state index is 0.205. The van der Waals surface area contributed by atoms with Crippen LogP contribution in [0.25, 0.3) is 0 Å². The van der Waals surface area contributed by atoms with Crippen molar-refractivity contribution < 1.29 is 0 Å². The molecule has 0 aliphatic carbocycles. The molecule has 0 aromatic heterocycles. The fourth-order valence-electron chi connectivity index (χ4n) is 1.52. The van der Waals surface area contributed by atoms with Crippen molar-refractivity contribution in [2.75, 3.05) is 0 Å². The highest BCUT2D eigenvalue weighted by Gasteiger charge is 2.17. The van der Waals surface area contributed by atoms with Crippen molar-refractivity contribution in [1.29, 1.82) is 0 Å². The van der Waals surface area contributed by atoms with Crippen molar-refractivity contribution in [2.45, 2.75) is 48.0 Å². The van der Waals surface area contributed by atoms with Gasteiger partial charge in [0.1, 0.15) is 0 Å². The number of allylic oxidation sites excluding steroid dienone is 5. The molecular weight excluding hydrogens is 168 g/mol. The number of hydrogen-bond donors (Lipinski definition) is 0. The van der Waals surface area contributed by atoms with Crippen molar-refractivity contribution >= 4 is 0 Å². The molecule has 0 heteroatoms. The first-order valence-corrected chi connectivity index (χ1v) is 5.33. The van der Waals surface area contributed by atoms with Gasteiger partial charge < -0.3 is 0 Å². The van der Waals surface area contributed by atoms with Crippen LogP contribution in [0.2, 0.25) is 0 Å². The molecule has 0 bridgehead atoms. The van der Waals surface area contributed by atoms with Crippen molar-refractivity contribution in [3.63, 3.8) is 0 Å². The third-order valence-electron chi connectivity index (χ3n) is 2.21. The smallest absolute Gasteiger partial charge is 0.0129 e. The van der Waals surface area contributed by atoms with E-state index in [4.69, 9.17) is 0 Å². The van der Waals surface area contributed by atoms with Gasteiger partial charge in [0.15, 0.2) is 0 Å². The van der Waals surface area contributed by atoms with Crippen LogP contribution in [0.5, 0.6) is 0 Å². The predicted molar refractivity (Wildman–Crippen MR) is 66.4 cm³/mol.